The van der Waals surface area contributed by atoms with Gasteiger partial charge in [0.25, 0.3) is 0 Å². The van der Waals surface area contributed by atoms with Crippen LogP contribution in [0.4, 0.5) is 0 Å². The zero-order valence-corrected chi connectivity index (χ0v) is 14.0. The van der Waals surface area contributed by atoms with Gasteiger partial charge in [-0.05, 0) is 0 Å². The molecule has 0 fully saturated rings. The van der Waals surface area contributed by atoms with Crippen LogP contribution in [-0.2, 0) is 32.7 Å². The molecule has 0 N–H and O–H groups in total. The minimum Gasteiger partial charge on any atom is -0.226 e. The molecule has 0 saturated heterocycles. The Bertz CT molecular complexity index is 303. The van der Waals surface area contributed by atoms with Crippen LogP contribution in [0, 0.1) is 12.1 Å². The average Bonchev–Trinajstić information content (AvgIpc) is 2.45. The molecule has 0 aromatic heterocycles. The third kappa shape index (κ3) is 7.46. The third-order valence-corrected chi connectivity index (χ3v) is 1.71. The molecule has 0 aliphatic carbocycles. The van der Waals surface area contributed by atoms with Gasteiger partial charge in [-0.25, -0.2) is 11.1 Å². The molecule has 0 nitrogen and oxygen atoms in total. The van der Waals surface area contributed by atoms with E-state index in [2.05, 4.69) is 12.1 Å². The molecule has 0 bridgehead atoms. The van der Waals surface area contributed by atoms with Crippen LogP contribution >= 0.6 is 0 Å². The van der Waals surface area contributed by atoms with E-state index in [9.17, 15) is 0 Å². The number of benzene rings is 2. The zero-order valence-electron chi connectivity index (χ0n) is 11.2. The van der Waals surface area contributed by atoms with Gasteiger partial charge in [-0.1, -0.05) is 27.7 Å². The summed E-state index contributed by atoms with van der Waals surface area (Å²) in [6, 6.07) is 22.1. The summed E-state index contributed by atoms with van der Waals surface area (Å²) in [7, 11) is 0. The second-order valence-electron chi connectivity index (χ2n) is 2.55. The smallest absolute Gasteiger partial charge is 0 e. The van der Waals surface area contributed by atoms with Gasteiger partial charge in [-0.15, -0.1) is 12.1 Å². The van der Waals surface area contributed by atoms with E-state index in [-0.39, 0.29) is 32.7 Å². The first kappa shape index (κ1) is 18.9. The molecule has 0 atom stereocenters. The van der Waals surface area contributed by atoms with Crippen molar-refractivity contribution in [1.82, 2.24) is 0 Å². The summed E-state index contributed by atoms with van der Waals surface area (Å²) >= 11 is 0. The predicted octanol–water partition coefficient (Wildman–Crippen LogP) is 5.00. The molecule has 1 radical (unpaired) electrons. The Morgan fingerprint density at radius 2 is 1.00 bits per heavy atom. The summed E-state index contributed by atoms with van der Waals surface area (Å²) in [6.07, 6.45) is 0. The van der Waals surface area contributed by atoms with Crippen LogP contribution < -0.4 is 0 Å². The second-order valence-corrected chi connectivity index (χ2v) is 2.55. The maximum Gasteiger partial charge on any atom is 0 e. The molecule has 0 aliphatic heterocycles. The summed E-state index contributed by atoms with van der Waals surface area (Å²) in [5.41, 5.74) is 2.19. The van der Waals surface area contributed by atoms with E-state index < -0.39 is 0 Å². The van der Waals surface area contributed by atoms with E-state index in [4.69, 9.17) is 0 Å². The zero-order chi connectivity index (χ0) is 12.2. The van der Waals surface area contributed by atoms with Crippen molar-refractivity contribution in [3.8, 4) is 11.1 Å². The Balaban J connectivity index is 0. The van der Waals surface area contributed by atoms with Crippen LogP contribution in [0.5, 0.6) is 0 Å². The summed E-state index contributed by atoms with van der Waals surface area (Å²) in [4.78, 5) is 0. The standard InChI is InChI=1S/C12H8.2C2H6.Y/c1-3-7-11(8-4-1)12-9-5-2-6-10-12;2*1-2;/h1-7,9H;2*1-2H3;/q-2;;;. The maximum absolute atomic E-state index is 3.15. The van der Waals surface area contributed by atoms with Crippen molar-refractivity contribution in [2.75, 3.05) is 0 Å². The van der Waals surface area contributed by atoms with Crippen molar-refractivity contribution >= 4 is 0 Å². The molecule has 17 heavy (non-hydrogen) atoms. The molecule has 0 amide bonds. The first-order valence-corrected chi connectivity index (χ1v) is 5.90. The molecule has 0 heterocycles. The number of hydrogen-bond acceptors (Lipinski definition) is 0. The first-order chi connectivity index (χ1) is 7.97. The van der Waals surface area contributed by atoms with E-state index in [1.165, 1.54) is 0 Å². The third-order valence-electron chi connectivity index (χ3n) is 1.71. The predicted molar refractivity (Wildman–Crippen MR) is 72.2 cm³/mol. The molecular weight excluding hydrogens is 281 g/mol. The SMILES string of the molecule is CC.CC.[Y].[c-]1ccccc1-c1[c-]cccc1. The van der Waals surface area contributed by atoms with Crippen LogP contribution in [0.25, 0.3) is 11.1 Å². The minimum atomic E-state index is 0. The summed E-state index contributed by atoms with van der Waals surface area (Å²) in [5, 5.41) is 0. The van der Waals surface area contributed by atoms with E-state index in [1.807, 2.05) is 76.2 Å². The summed E-state index contributed by atoms with van der Waals surface area (Å²) in [6.45, 7) is 8.00. The topological polar surface area (TPSA) is 0 Å². The molecule has 2 aromatic carbocycles. The van der Waals surface area contributed by atoms with E-state index >= 15 is 0 Å². The van der Waals surface area contributed by atoms with Crippen LogP contribution in [0.1, 0.15) is 27.7 Å². The number of hydrogen-bond donors (Lipinski definition) is 0. The molecular formula is C16H20Y-2. The Hall–Kier alpha value is -0.456. The van der Waals surface area contributed by atoms with Crippen molar-refractivity contribution in [1.29, 1.82) is 0 Å². The van der Waals surface area contributed by atoms with Crippen LogP contribution in [0.2, 0.25) is 0 Å². The first-order valence-electron chi connectivity index (χ1n) is 5.90. The van der Waals surface area contributed by atoms with Gasteiger partial charge in [0, 0.05) is 32.7 Å². The van der Waals surface area contributed by atoms with Crippen molar-refractivity contribution in [2.24, 2.45) is 0 Å². The van der Waals surface area contributed by atoms with Crippen LogP contribution in [-0.4, -0.2) is 0 Å². The van der Waals surface area contributed by atoms with Gasteiger partial charge in [-0.3, -0.25) is 0 Å². The van der Waals surface area contributed by atoms with E-state index in [1.54, 1.807) is 0 Å². The fourth-order valence-electron chi connectivity index (χ4n) is 1.12. The van der Waals surface area contributed by atoms with Gasteiger partial charge in [0.2, 0.25) is 0 Å². The monoisotopic (exact) mass is 301 g/mol. The van der Waals surface area contributed by atoms with Gasteiger partial charge in [0.05, 0.1) is 0 Å². The minimum absolute atomic E-state index is 0. The van der Waals surface area contributed by atoms with Crippen LogP contribution in [0.3, 0.4) is 0 Å². The molecule has 0 unspecified atom stereocenters. The fourth-order valence-corrected chi connectivity index (χ4v) is 1.12. The molecule has 0 saturated carbocycles. The largest absolute Gasteiger partial charge is 0.226 e. The van der Waals surface area contributed by atoms with E-state index in [0.717, 1.165) is 11.1 Å². The second kappa shape index (κ2) is 13.6. The molecule has 0 spiro atoms. The van der Waals surface area contributed by atoms with Gasteiger partial charge >= 0.3 is 0 Å². The van der Waals surface area contributed by atoms with Crippen LogP contribution in [0.15, 0.2) is 48.5 Å². The normalized spacial score (nSPS) is 7.53. The van der Waals surface area contributed by atoms with Crippen molar-refractivity contribution in [3.63, 3.8) is 0 Å². The van der Waals surface area contributed by atoms with Gasteiger partial charge < -0.3 is 0 Å². The number of rotatable bonds is 1. The fraction of sp³-hybridized carbons (Fsp3) is 0.250. The molecule has 89 valence electrons. The Morgan fingerprint density at radius 3 is 1.24 bits per heavy atom. The Morgan fingerprint density at radius 1 is 0.647 bits per heavy atom. The van der Waals surface area contributed by atoms with Crippen molar-refractivity contribution in [3.05, 3.63) is 60.7 Å². The van der Waals surface area contributed by atoms with Gasteiger partial charge in [0.1, 0.15) is 0 Å². The maximum atomic E-state index is 3.15. The average molecular weight is 301 g/mol. The van der Waals surface area contributed by atoms with Gasteiger partial charge in [0.15, 0.2) is 0 Å². The Kier molecular flexibility index (Phi) is 15.1. The van der Waals surface area contributed by atoms with E-state index in [0.29, 0.717) is 0 Å². The van der Waals surface area contributed by atoms with Crippen molar-refractivity contribution in [2.45, 2.75) is 27.7 Å². The van der Waals surface area contributed by atoms with Gasteiger partial charge in [-0.2, -0.15) is 48.5 Å². The molecule has 0 aliphatic rings. The Labute approximate surface area is 131 Å². The summed E-state index contributed by atoms with van der Waals surface area (Å²) < 4.78 is 0. The molecule has 2 rings (SSSR count). The molecule has 1 heteroatoms. The quantitative estimate of drug-likeness (QED) is 0.650. The van der Waals surface area contributed by atoms with Crippen molar-refractivity contribution < 1.29 is 32.7 Å². The summed E-state index contributed by atoms with van der Waals surface area (Å²) in [5.74, 6) is 0. The molecule has 2 aromatic rings.